The molecular formula is C21H30N4O2. The first-order chi connectivity index (χ1) is 13.1. The van der Waals surface area contributed by atoms with Crippen LogP contribution in [0.2, 0.25) is 0 Å². The Morgan fingerprint density at radius 2 is 2.00 bits per heavy atom. The first kappa shape index (κ1) is 19.6. The largest absolute Gasteiger partial charge is 0.384 e. The Morgan fingerprint density at radius 1 is 1.26 bits per heavy atom. The van der Waals surface area contributed by atoms with Crippen molar-refractivity contribution in [2.24, 2.45) is 5.41 Å². The van der Waals surface area contributed by atoms with E-state index in [1.54, 1.807) is 7.11 Å². The van der Waals surface area contributed by atoms with Crippen LogP contribution in [-0.4, -0.2) is 61.4 Å². The van der Waals surface area contributed by atoms with Gasteiger partial charge in [-0.3, -0.25) is 9.89 Å². The number of hydrogen-bond donors (Lipinski definition) is 2. The van der Waals surface area contributed by atoms with Crippen molar-refractivity contribution in [3.05, 3.63) is 42.1 Å². The molecule has 1 aromatic carbocycles. The van der Waals surface area contributed by atoms with E-state index in [1.165, 1.54) is 0 Å². The van der Waals surface area contributed by atoms with Crippen LogP contribution in [0.15, 0.2) is 36.4 Å². The number of ether oxygens (including phenoxy) is 1. The highest BCUT2D eigenvalue weighted by Gasteiger charge is 2.41. The monoisotopic (exact) mass is 370 g/mol. The van der Waals surface area contributed by atoms with E-state index in [0.29, 0.717) is 6.61 Å². The van der Waals surface area contributed by atoms with Gasteiger partial charge in [-0.15, -0.1) is 0 Å². The number of aryl methyl sites for hydroxylation is 1. The van der Waals surface area contributed by atoms with Gasteiger partial charge in [0.15, 0.2) is 0 Å². The molecule has 0 saturated carbocycles. The van der Waals surface area contributed by atoms with Gasteiger partial charge < -0.3 is 15.0 Å². The van der Waals surface area contributed by atoms with E-state index in [-0.39, 0.29) is 11.3 Å². The molecule has 0 unspecified atom stereocenters. The molecule has 146 valence electrons. The fourth-order valence-electron chi connectivity index (χ4n) is 3.86. The standard InChI is InChI=1S/C21H30N4O2/c1-25(20(26)21(16-27-2)10-12-22-13-11-21)14-6-9-18-15-19(24-23-18)17-7-4-3-5-8-17/h3-5,7-8,15,22H,6,9-14,16H2,1-2H3,(H,23,24). The predicted octanol–water partition coefficient (Wildman–Crippen LogP) is 2.48. The smallest absolute Gasteiger partial charge is 0.230 e. The van der Waals surface area contributed by atoms with Crippen molar-refractivity contribution < 1.29 is 9.53 Å². The van der Waals surface area contributed by atoms with E-state index in [4.69, 9.17) is 4.74 Å². The molecule has 1 fully saturated rings. The summed E-state index contributed by atoms with van der Waals surface area (Å²) in [6, 6.07) is 12.2. The number of rotatable bonds is 8. The SMILES string of the molecule is COCC1(C(=O)N(C)CCCc2cc(-c3ccccc3)n[nH]2)CCNCC1. The number of nitrogens with one attached hydrogen (secondary N) is 2. The van der Waals surface area contributed by atoms with Crippen LogP contribution in [0.3, 0.4) is 0 Å². The molecule has 2 aromatic rings. The number of piperidine rings is 1. The molecule has 0 bridgehead atoms. The molecule has 1 aliphatic heterocycles. The highest BCUT2D eigenvalue weighted by Crippen LogP contribution is 2.31. The zero-order valence-electron chi connectivity index (χ0n) is 16.3. The van der Waals surface area contributed by atoms with Gasteiger partial charge in [0.1, 0.15) is 0 Å². The minimum Gasteiger partial charge on any atom is -0.384 e. The Labute approximate surface area is 161 Å². The molecule has 0 aliphatic carbocycles. The summed E-state index contributed by atoms with van der Waals surface area (Å²) in [5.41, 5.74) is 2.80. The van der Waals surface area contributed by atoms with E-state index in [9.17, 15) is 4.79 Å². The van der Waals surface area contributed by atoms with Gasteiger partial charge in [0.2, 0.25) is 5.91 Å². The summed E-state index contributed by atoms with van der Waals surface area (Å²) in [5, 5.41) is 10.9. The molecule has 0 radical (unpaired) electrons. The summed E-state index contributed by atoms with van der Waals surface area (Å²) < 4.78 is 5.39. The van der Waals surface area contributed by atoms with Crippen LogP contribution in [0.4, 0.5) is 0 Å². The van der Waals surface area contributed by atoms with E-state index in [1.807, 2.05) is 30.1 Å². The lowest BCUT2D eigenvalue weighted by Gasteiger charge is -2.38. The van der Waals surface area contributed by atoms with E-state index < -0.39 is 0 Å². The summed E-state index contributed by atoms with van der Waals surface area (Å²) >= 11 is 0. The second-order valence-electron chi connectivity index (χ2n) is 7.44. The Bertz CT molecular complexity index is 717. The summed E-state index contributed by atoms with van der Waals surface area (Å²) in [6.07, 6.45) is 3.45. The molecule has 2 heterocycles. The number of aromatic amines is 1. The van der Waals surface area contributed by atoms with Gasteiger partial charge in [-0.05, 0) is 44.8 Å². The number of hydrogen-bond acceptors (Lipinski definition) is 4. The van der Waals surface area contributed by atoms with Gasteiger partial charge >= 0.3 is 0 Å². The third kappa shape index (κ3) is 4.76. The van der Waals surface area contributed by atoms with Crippen molar-refractivity contribution in [3.8, 4) is 11.3 Å². The van der Waals surface area contributed by atoms with E-state index in [0.717, 1.165) is 62.3 Å². The molecule has 1 amide bonds. The third-order valence-electron chi connectivity index (χ3n) is 5.42. The van der Waals surface area contributed by atoms with Crippen LogP contribution < -0.4 is 5.32 Å². The number of aromatic nitrogens is 2. The maximum atomic E-state index is 13.0. The van der Waals surface area contributed by atoms with Crippen molar-refractivity contribution in [2.45, 2.75) is 25.7 Å². The minimum absolute atomic E-state index is 0.209. The van der Waals surface area contributed by atoms with Crippen LogP contribution >= 0.6 is 0 Å². The minimum atomic E-state index is -0.372. The van der Waals surface area contributed by atoms with Crippen molar-refractivity contribution in [3.63, 3.8) is 0 Å². The molecule has 27 heavy (non-hydrogen) atoms. The number of nitrogens with zero attached hydrogens (tertiary/aromatic N) is 2. The Kier molecular flexibility index (Phi) is 6.63. The third-order valence-corrected chi connectivity index (χ3v) is 5.42. The van der Waals surface area contributed by atoms with Gasteiger partial charge in [-0.25, -0.2) is 0 Å². The Hall–Kier alpha value is -2.18. The zero-order chi connectivity index (χ0) is 19.1. The van der Waals surface area contributed by atoms with Crippen LogP contribution in [-0.2, 0) is 16.0 Å². The molecule has 3 rings (SSSR count). The quantitative estimate of drug-likeness (QED) is 0.749. The predicted molar refractivity (Wildman–Crippen MR) is 106 cm³/mol. The summed E-state index contributed by atoms with van der Waals surface area (Å²) in [4.78, 5) is 14.9. The second-order valence-corrected chi connectivity index (χ2v) is 7.44. The molecular weight excluding hydrogens is 340 g/mol. The molecule has 1 aromatic heterocycles. The maximum Gasteiger partial charge on any atom is 0.230 e. The fraction of sp³-hybridized carbons (Fsp3) is 0.524. The average molecular weight is 370 g/mol. The Balaban J connectivity index is 1.52. The van der Waals surface area contributed by atoms with Crippen LogP contribution in [0.1, 0.15) is 25.0 Å². The molecule has 0 spiro atoms. The molecule has 2 N–H and O–H groups in total. The van der Waals surface area contributed by atoms with Crippen molar-refractivity contribution in [2.75, 3.05) is 40.4 Å². The van der Waals surface area contributed by atoms with Crippen molar-refractivity contribution in [1.82, 2.24) is 20.4 Å². The molecule has 6 heteroatoms. The number of benzene rings is 1. The number of methoxy groups -OCH3 is 1. The number of carbonyl (C=O) groups excluding carboxylic acids is 1. The van der Waals surface area contributed by atoms with Crippen LogP contribution in [0.25, 0.3) is 11.3 Å². The number of amides is 1. The van der Waals surface area contributed by atoms with Crippen molar-refractivity contribution in [1.29, 1.82) is 0 Å². The van der Waals surface area contributed by atoms with Gasteiger partial charge in [0.25, 0.3) is 0 Å². The normalized spacial score (nSPS) is 16.2. The molecule has 1 aliphatic rings. The number of H-pyrrole nitrogens is 1. The van der Waals surface area contributed by atoms with E-state index in [2.05, 4.69) is 33.7 Å². The summed E-state index contributed by atoms with van der Waals surface area (Å²) in [7, 11) is 3.59. The highest BCUT2D eigenvalue weighted by atomic mass is 16.5. The lowest BCUT2D eigenvalue weighted by atomic mass is 9.78. The molecule has 1 saturated heterocycles. The molecule has 0 atom stereocenters. The van der Waals surface area contributed by atoms with E-state index >= 15 is 0 Å². The highest BCUT2D eigenvalue weighted by molar-refractivity contribution is 5.82. The van der Waals surface area contributed by atoms with Crippen LogP contribution in [0.5, 0.6) is 0 Å². The average Bonchev–Trinajstić information content (AvgIpc) is 3.18. The first-order valence-corrected chi connectivity index (χ1v) is 9.69. The van der Waals surface area contributed by atoms with Gasteiger partial charge in [0.05, 0.1) is 17.7 Å². The van der Waals surface area contributed by atoms with Crippen LogP contribution in [0, 0.1) is 5.41 Å². The number of carbonyl (C=O) groups is 1. The van der Waals surface area contributed by atoms with Gasteiger partial charge in [-0.1, -0.05) is 30.3 Å². The summed E-state index contributed by atoms with van der Waals surface area (Å²) in [5.74, 6) is 0.209. The summed E-state index contributed by atoms with van der Waals surface area (Å²) in [6.45, 7) is 2.98. The second kappa shape index (κ2) is 9.15. The lowest BCUT2D eigenvalue weighted by Crippen LogP contribution is -2.50. The van der Waals surface area contributed by atoms with Crippen molar-refractivity contribution >= 4 is 5.91 Å². The fourth-order valence-corrected chi connectivity index (χ4v) is 3.86. The lowest BCUT2D eigenvalue weighted by molar-refractivity contribution is -0.146. The maximum absolute atomic E-state index is 13.0. The first-order valence-electron chi connectivity index (χ1n) is 9.69. The van der Waals surface area contributed by atoms with Gasteiger partial charge in [0, 0.05) is 32.0 Å². The topological polar surface area (TPSA) is 70.2 Å². The zero-order valence-corrected chi connectivity index (χ0v) is 16.3. The van der Waals surface area contributed by atoms with Gasteiger partial charge in [-0.2, -0.15) is 5.10 Å². The molecule has 6 nitrogen and oxygen atoms in total. The Morgan fingerprint density at radius 3 is 2.70 bits per heavy atom.